The third-order valence-electron chi connectivity index (χ3n) is 2.72. The van der Waals surface area contributed by atoms with E-state index in [2.05, 4.69) is 0 Å². The van der Waals surface area contributed by atoms with Crippen LogP contribution in [-0.2, 0) is 9.53 Å². The monoisotopic (exact) mass is 324 g/mol. The molecule has 1 aromatic heterocycles. The van der Waals surface area contributed by atoms with Crippen LogP contribution in [-0.4, -0.2) is 43.3 Å². The Kier molecular flexibility index (Phi) is 7.13. The first-order valence-electron chi connectivity index (χ1n) is 6.57. The number of carbonyl (C=O) groups is 1. The molecule has 0 saturated heterocycles. The molecular weight excluding hydrogens is 305 g/mol. The summed E-state index contributed by atoms with van der Waals surface area (Å²) in [6.07, 6.45) is -4.11. The standard InChI is InChI=1S/C13H19F3N2O2S/c1-2-20-7-4-6-18(9-13(14,15)16)12(19)11(17)10-5-3-8-21-10/h3,5,8,11H,2,4,6-7,9,17H2,1H3. The van der Waals surface area contributed by atoms with Crippen molar-refractivity contribution in [3.63, 3.8) is 0 Å². The van der Waals surface area contributed by atoms with Gasteiger partial charge in [-0.3, -0.25) is 4.79 Å². The highest BCUT2D eigenvalue weighted by Gasteiger charge is 2.34. The SMILES string of the molecule is CCOCCCN(CC(F)(F)F)C(=O)C(N)c1cccs1. The first-order chi connectivity index (χ1) is 9.85. The number of amides is 1. The average molecular weight is 324 g/mol. The lowest BCUT2D eigenvalue weighted by Crippen LogP contribution is -2.44. The van der Waals surface area contributed by atoms with Gasteiger partial charge in [-0.05, 0) is 24.8 Å². The second kappa shape index (κ2) is 8.35. The number of hydrogen-bond acceptors (Lipinski definition) is 4. The zero-order valence-electron chi connectivity index (χ0n) is 11.7. The molecule has 0 aliphatic heterocycles. The molecule has 1 heterocycles. The minimum absolute atomic E-state index is 0.0303. The number of hydrogen-bond donors (Lipinski definition) is 1. The Morgan fingerprint density at radius 3 is 2.76 bits per heavy atom. The Hall–Kier alpha value is -1.12. The zero-order valence-corrected chi connectivity index (χ0v) is 12.5. The molecule has 4 nitrogen and oxygen atoms in total. The van der Waals surface area contributed by atoms with E-state index in [9.17, 15) is 18.0 Å². The van der Waals surface area contributed by atoms with Gasteiger partial charge in [0.25, 0.3) is 0 Å². The fourth-order valence-electron chi connectivity index (χ4n) is 1.77. The maximum Gasteiger partial charge on any atom is 0.406 e. The van der Waals surface area contributed by atoms with Gasteiger partial charge in [0.15, 0.2) is 0 Å². The molecule has 8 heteroatoms. The molecule has 0 bridgehead atoms. The van der Waals surface area contributed by atoms with Crippen LogP contribution >= 0.6 is 11.3 Å². The van der Waals surface area contributed by atoms with Crippen molar-refractivity contribution in [2.45, 2.75) is 25.6 Å². The number of nitrogens with two attached hydrogens (primary N) is 1. The van der Waals surface area contributed by atoms with Gasteiger partial charge in [-0.15, -0.1) is 11.3 Å². The fourth-order valence-corrected chi connectivity index (χ4v) is 2.49. The molecule has 120 valence electrons. The molecule has 0 fully saturated rings. The molecule has 1 unspecified atom stereocenters. The average Bonchev–Trinajstić information content (AvgIpc) is 2.93. The van der Waals surface area contributed by atoms with E-state index in [-0.39, 0.29) is 6.54 Å². The molecule has 0 aliphatic carbocycles. The van der Waals surface area contributed by atoms with Crippen molar-refractivity contribution in [1.29, 1.82) is 0 Å². The van der Waals surface area contributed by atoms with E-state index in [4.69, 9.17) is 10.5 Å². The predicted molar refractivity (Wildman–Crippen MR) is 75.0 cm³/mol. The van der Waals surface area contributed by atoms with E-state index in [1.54, 1.807) is 24.4 Å². The van der Waals surface area contributed by atoms with Crippen molar-refractivity contribution in [2.24, 2.45) is 5.73 Å². The second-order valence-corrected chi connectivity index (χ2v) is 5.40. The zero-order chi connectivity index (χ0) is 15.9. The van der Waals surface area contributed by atoms with Gasteiger partial charge >= 0.3 is 6.18 Å². The molecule has 0 aliphatic rings. The molecule has 1 atom stereocenters. The van der Waals surface area contributed by atoms with Crippen molar-refractivity contribution in [1.82, 2.24) is 4.90 Å². The largest absolute Gasteiger partial charge is 0.406 e. The number of carbonyl (C=O) groups excluding carboxylic acids is 1. The van der Waals surface area contributed by atoms with Gasteiger partial charge in [-0.1, -0.05) is 6.07 Å². The van der Waals surface area contributed by atoms with Gasteiger partial charge in [0.2, 0.25) is 5.91 Å². The quantitative estimate of drug-likeness (QED) is 0.748. The van der Waals surface area contributed by atoms with Crippen LogP contribution in [0.3, 0.4) is 0 Å². The minimum Gasteiger partial charge on any atom is -0.382 e. The summed E-state index contributed by atoms with van der Waals surface area (Å²) in [5, 5.41) is 1.73. The topological polar surface area (TPSA) is 55.6 Å². The highest BCUT2D eigenvalue weighted by molar-refractivity contribution is 7.10. The van der Waals surface area contributed by atoms with Gasteiger partial charge in [0, 0.05) is 24.6 Å². The number of nitrogens with zero attached hydrogens (tertiary/aromatic N) is 1. The van der Waals surface area contributed by atoms with Crippen molar-refractivity contribution in [2.75, 3.05) is 26.3 Å². The van der Waals surface area contributed by atoms with Crippen molar-refractivity contribution in [3.8, 4) is 0 Å². The number of ether oxygens (including phenoxy) is 1. The summed E-state index contributed by atoms with van der Waals surface area (Å²) in [5.41, 5.74) is 5.75. The molecule has 0 aromatic carbocycles. The smallest absolute Gasteiger partial charge is 0.382 e. The first kappa shape index (κ1) is 17.9. The van der Waals surface area contributed by atoms with Crippen LogP contribution in [0.4, 0.5) is 13.2 Å². The summed E-state index contributed by atoms with van der Waals surface area (Å²) in [7, 11) is 0. The van der Waals surface area contributed by atoms with Crippen LogP contribution in [0.25, 0.3) is 0 Å². The highest BCUT2D eigenvalue weighted by atomic mass is 32.1. The summed E-state index contributed by atoms with van der Waals surface area (Å²) in [6, 6.07) is 2.29. The highest BCUT2D eigenvalue weighted by Crippen LogP contribution is 2.22. The molecule has 0 saturated carbocycles. The lowest BCUT2D eigenvalue weighted by molar-refractivity contribution is -0.162. The maximum absolute atomic E-state index is 12.6. The van der Waals surface area contributed by atoms with E-state index < -0.39 is 24.7 Å². The predicted octanol–water partition coefficient (Wildman–Crippen LogP) is 2.57. The van der Waals surface area contributed by atoms with Crippen molar-refractivity contribution < 1.29 is 22.7 Å². The normalized spacial score (nSPS) is 13.2. The van der Waals surface area contributed by atoms with Gasteiger partial charge in [-0.25, -0.2) is 0 Å². The lowest BCUT2D eigenvalue weighted by atomic mass is 10.2. The lowest BCUT2D eigenvalue weighted by Gasteiger charge is -2.26. The van der Waals surface area contributed by atoms with Gasteiger partial charge < -0.3 is 15.4 Å². The van der Waals surface area contributed by atoms with E-state index in [0.717, 1.165) is 4.90 Å². The van der Waals surface area contributed by atoms with Crippen LogP contribution in [0, 0.1) is 0 Å². The van der Waals surface area contributed by atoms with E-state index in [0.29, 0.717) is 24.5 Å². The third kappa shape index (κ3) is 6.45. The van der Waals surface area contributed by atoms with Crippen LogP contribution in [0.5, 0.6) is 0 Å². The molecule has 0 radical (unpaired) electrons. The van der Waals surface area contributed by atoms with Gasteiger partial charge in [0.1, 0.15) is 12.6 Å². The van der Waals surface area contributed by atoms with Crippen LogP contribution in [0.2, 0.25) is 0 Å². The summed E-state index contributed by atoms with van der Waals surface area (Å²) in [6.45, 7) is 1.27. The molecule has 21 heavy (non-hydrogen) atoms. The fraction of sp³-hybridized carbons (Fsp3) is 0.615. The summed E-state index contributed by atoms with van der Waals surface area (Å²) < 4.78 is 42.8. The number of alkyl halides is 3. The van der Waals surface area contributed by atoms with E-state index in [1.165, 1.54) is 11.3 Å². The summed E-state index contributed by atoms with van der Waals surface area (Å²) >= 11 is 1.25. The molecule has 1 amide bonds. The Morgan fingerprint density at radius 2 is 2.24 bits per heavy atom. The molecular formula is C13H19F3N2O2S. The number of halogens is 3. The summed E-state index contributed by atoms with van der Waals surface area (Å²) in [5.74, 6) is -0.716. The van der Waals surface area contributed by atoms with Gasteiger partial charge in [-0.2, -0.15) is 13.2 Å². The van der Waals surface area contributed by atoms with Crippen molar-refractivity contribution >= 4 is 17.2 Å². The molecule has 0 spiro atoms. The van der Waals surface area contributed by atoms with E-state index >= 15 is 0 Å². The Balaban J connectivity index is 2.67. The maximum atomic E-state index is 12.6. The van der Waals surface area contributed by atoms with Gasteiger partial charge in [0.05, 0.1) is 0 Å². The summed E-state index contributed by atoms with van der Waals surface area (Å²) in [4.78, 5) is 13.5. The Bertz CT molecular complexity index is 424. The van der Waals surface area contributed by atoms with E-state index in [1.807, 2.05) is 0 Å². The molecule has 1 aromatic rings. The minimum atomic E-state index is -4.45. The number of rotatable bonds is 8. The third-order valence-corrected chi connectivity index (χ3v) is 3.67. The van der Waals surface area contributed by atoms with Crippen molar-refractivity contribution in [3.05, 3.63) is 22.4 Å². The van der Waals surface area contributed by atoms with Crippen LogP contribution in [0.15, 0.2) is 17.5 Å². The first-order valence-corrected chi connectivity index (χ1v) is 7.45. The number of thiophene rings is 1. The van der Waals surface area contributed by atoms with Crippen LogP contribution < -0.4 is 5.73 Å². The molecule has 1 rings (SSSR count). The van der Waals surface area contributed by atoms with Crippen LogP contribution in [0.1, 0.15) is 24.3 Å². The molecule has 2 N–H and O–H groups in total. The Morgan fingerprint density at radius 1 is 1.52 bits per heavy atom. The Labute approximate surface area is 125 Å². The second-order valence-electron chi connectivity index (χ2n) is 4.42.